The summed E-state index contributed by atoms with van der Waals surface area (Å²) in [4.78, 5) is 31.4. The smallest absolute Gasteiger partial charge is 0.305 e. The van der Waals surface area contributed by atoms with Crippen LogP contribution in [-0.4, -0.2) is 36.2 Å². The molecule has 0 heterocycles. The highest BCUT2D eigenvalue weighted by Gasteiger charge is 2.01. The van der Waals surface area contributed by atoms with Crippen LogP contribution in [0, 0.1) is 0 Å². The molecule has 33 heavy (non-hydrogen) atoms. The van der Waals surface area contributed by atoms with Gasteiger partial charge in [-0.05, 0) is 26.7 Å². The van der Waals surface area contributed by atoms with Crippen LogP contribution in [0.2, 0.25) is 0 Å². The van der Waals surface area contributed by atoms with Crippen LogP contribution >= 0.6 is 0 Å². The molecule has 0 aromatic rings. The molecule has 0 radical (unpaired) electrons. The highest BCUT2D eigenvalue weighted by atomic mass is 16.5. The number of esters is 2. The number of rotatable bonds is 22. The third-order valence-corrected chi connectivity index (χ3v) is 5.37. The molecule has 0 saturated heterocycles. The molecule has 1 N–H and O–H groups in total. The first-order valence-corrected chi connectivity index (χ1v) is 13.4. The number of hydrogen-bond acceptors (Lipinski definition) is 5. The fraction of sp³-hybridized carbons (Fsp3) is 0.889. The van der Waals surface area contributed by atoms with Gasteiger partial charge in [0, 0.05) is 19.8 Å². The second-order valence-corrected chi connectivity index (χ2v) is 8.64. The number of carbonyl (C=O) groups is 3. The quantitative estimate of drug-likeness (QED) is 0.129. The van der Waals surface area contributed by atoms with Crippen LogP contribution in [0.15, 0.2) is 0 Å². The van der Waals surface area contributed by atoms with Crippen molar-refractivity contribution in [3.63, 3.8) is 0 Å². The van der Waals surface area contributed by atoms with Crippen molar-refractivity contribution in [3.8, 4) is 0 Å². The summed E-state index contributed by atoms with van der Waals surface area (Å²) >= 11 is 0. The summed E-state index contributed by atoms with van der Waals surface area (Å²) in [5, 5.41) is 7.42. The van der Waals surface area contributed by atoms with Gasteiger partial charge >= 0.3 is 11.9 Å². The molecule has 0 amide bonds. The maximum atomic E-state index is 11.2. The molecule has 0 aromatic heterocycles. The van der Waals surface area contributed by atoms with Crippen molar-refractivity contribution in [1.29, 1.82) is 0 Å². The van der Waals surface area contributed by atoms with E-state index in [1.165, 1.54) is 83.5 Å². The highest BCUT2D eigenvalue weighted by Crippen LogP contribution is 2.14. The minimum absolute atomic E-state index is 0.0430. The van der Waals surface area contributed by atoms with Crippen LogP contribution in [0.3, 0.4) is 0 Å². The number of carboxylic acid groups (broad SMARTS) is 1. The van der Waals surface area contributed by atoms with Crippen molar-refractivity contribution >= 4 is 17.9 Å². The molecule has 0 saturated carbocycles. The van der Waals surface area contributed by atoms with Crippen LogP contribution < -0.4 is 0 Å². The second-order valence-electron chi connectivity index (χ2n) is 8.64. The lowest BCUT2D eigenvalue weighted by Crippen LogP contribution is -2.03. The van der Waals surface area contributed by atoms with Gasteiger partial charge in [0.25, 0.3) is 5.97 Å². The molecule has 0 aliphatic rings. The molecule has 0 bridgehead atoms. The first-order chi connectivity index (χ1) is 15.9. The summed E-state index contributed by atoms with van der Waals surface area (Å²) in [6.45, 7) is 5.80. The first kappa shape index (κ1) is 33.6. The van der Waals surface area contributed by atoms with Crippen LogP contribution in [0.4, 0.5) is 0 Å². The van der Waals surface area contributed by atoms with E-state index in [4.69, 9.17) is 19.4 Å². The van der Waals surface area contributed by atoms with Gasteiger partial charge in [-0.2, -0.15) is 0 Å². The minimum atomic E-state index is -0.833. The summed E-state index contributed by atoms with van der Waals surface area (Å²) in [5.41, 5.74) is 0. The van der Waals surface area contributed by atoms with Gasteiger partial charge in [-0.3, -0.25) is 14.4 Å². The predicted octanol–water partition coefficient (Wildman–Crippen LogP) is 7.62. The molecule has 196 valence electrons. The van der Waals surface area contributed by atoms with Gasteiger partial charge < -0.3 is 14.6 Å². The lowest BCUT2D eigenvalue weighted by molar-refractivity contribution is -0.144. The summed E-state index contributed by atoms with van der Waals surface area (Å²) in [6.07, 6.45) is 22.9. The van der Waals surface area contributed by atoms with Crippen LogP contribution in [0.1, 0.15) is 143 Å². The summed E-state index contributed by atoms with van der Waals surface area (Å²) in [5.74, 6) is -0.919. The van der Waals surface area contributed by atoms with Crippen molar-refractivity contribution in [2.24, 2.45) is 0 Å². The summed E-state index contributed by atoms with van der Waals surface area (Å²) < 4.78 is 9.87. The minimum Gasteiger partial charge on any atom is -0.481 e. The van der Waals surface area contributed by atoms with E-state index in [9.17, 15) is 9.59 Å². The summed E-state index contributed by atoms with van der Waals surface area (Å²) in [7, 11) is 0. The Bertz CT molecular complexity index is 412. The molecule has 0 aromatic carbocycles. The fourth-order valence-electron chi connectivity index (χ4n) is 3.66. The number of unbranched alkanes of at least 4 members (excludes halogenated alkanes) is 16. The molecule has 0 atom stereocenters. The molecule has 6 heteroatoms. The maximum absolute atomic E-state index is 11.2. The van der Waals surface area contributed by atoms with Crippen molar-refractivity contribution in [2.75, 3.05) is 13.2 Å². The van der Waals surface area contributed by atoms with E-state index in [1.807, 2.05) is 13.8 Å². The molecule has 0 spiro atoms. The molecule has 0 unspecified atom stereocenters. The van der Waals surface area contributed by atoms with Crippen LogP contribution in [0.5, 0.6) is 0 Å². The number of carboxylic acids is 1. The Morgan fingerprint density at radius 1 is 0.485 bits per heavy atom. The molecular weight excluding hydrogens is 420 g/mol. The second kappa shape index (κ2) is 28.4. The van der Waals surface area contributed by atoms with Crippen molar-refractivity contribution in [1.82, 2.24) is 0 Å². The van der Waals surface area contributed by atoms with E-state index in [0.29, 0.717) is 26.1 Å². The Morgan fingerprint density at radius 2 is 0.667 bits per heavy atom. The van der Waals surface area contributed by atoms with Gasteiger partial charge in [-0.1, -0.05) is 96.3 Å². The number of aliphatic carboxylic acids is 1. The third-order valence-electron chi connectivity index (χ3n) is 5.37. The SMILES string of the molecule is CC(=O)O.CCOC(=O)CCCCCCCCCCCCCCCCCCCC(=O)OCC. The lowest BCUT2D eigenvalue weighted by atomic mass is 10.0. The normalized spacial score (nSPS) is 10.3. The average Bonchev–Trinajstić information content (AvgIpc) is 2.75. The van der Waals surface area contributed by atoms with Crippen molar-refractivity contribution < 1.29 is 29.0 Å². The van der Waals surface area contributed by atoms with E-state index in [0.717, 1.165) is 32.6 Å². The first-order valence-electron chi connectivity index (χ1n) is 13.4. The molecule has 0 fully saturated rings. The number of ether oxygens (including phenoxy) is 2. The summed E-state index contributed by atoms with van der Waals surface area (Å²) in [6, 6.07) is 0. The van der Waals surface area contributed by atoms with Gasteiger partial charge in [-0.15, -0.1) is 0 Å². The zero-order chi connectivity index (χ0) is 25.0. The van der Waals surface area contributed by atoms with E-state index in [1.54, 1.807) is 0 Å². The van der Waals surface area contributed by atoms with E-state index >= 15 is 0 Å². The molecule has 0 aliphatic carbocycles. The third kappa shape index (κ3) is 35.2. The Kier molecular flexibility index (Phi) is 28.9. The van der Waals surface area contributed by atoms with Gasteiger partial charge in [0.15, 0.2) is 0 Å². The fourth-order valence-corrected chi connectivity index (χ4v) is 3.66. The number of hydrogen-bond donors (Lipinski definition) is 1. The Balaban J connectivity index is 0. The monoisotopic (exact) mass is 472 g/mol. The Labute approximate surface area is 203 Å². The lowest BCUT2D eigenvalue weighted by Gasteiger charge is -2.04. The Hall–Kier alpha value is -1.59. The van der Waals surface area contributed by atoms with Crippen molar-refractivity contribution in [3.05, 3.63) is 0 Å². The van der Waals surface area contributed by atoms with E-state index in [-0.39, 0.29) is 11.9 Å². The maximum Gasteiger partial charge on any atom is 0.305 e. The van der Waals surface area contributed by atoms with Gasteiger partial charge in [0.2, 0.25) is 0 Å². The standard InChI is InChI=1S/C25H48O4.C2H4O2/c1-3-28-24(26)22-20-18-16-14-12-10-8-6-5-7-9-11-13-15-17-19-21-23-25(27)29-4-2;1-2(3)4/h3-23H2,1-2H3;1H3,(H,3,4). The van der Waals surface area contributed by atoms with Crippen molar-refractivity contribution in [2.45, 2.75) is 143 Å². The molecule has 0 rings (SSSR count). The van der Waals surface area contributed by atoms with E-state index < -0.39 is 5.97 Å². The van der Waals surface area contributed by atoms with Gasteiger partial charge in [0.05, 0.1) is 13.2 Å². The molecule has 0 aliphatic heterocycles. The molecule has 6 nitrogen and oxygen atoms in total. The largest absolute Gasteiger partial charge is 0.481 e. The molecular formula is C27H52O6. The highest BCUT2D eigenvalue weighted by molar-refractivity contribution is 5.69. The van der Waals surface area contributed by atoms with Crippen LogP contribution in [-0.2, 0) is 23.9 Å². The van der Waals surface area contributed by atoms with Crippen LogP contribution in [0.25, 0.3) is 0 Å². The van der Waals surface area contributed by atoms with Gasteiger partial charge in [-0.25, -0.2) is 0 Å². The average molecular weight is 473 g/mol. The zero-order valence-electron chi connectivity index (χ0n) is 21.8. The van der Waals surface area contributed by atoms with Gasteiger partial charge in [0.1, 0.15) is 0 Å². The predicted molar refractivity (Wildman–Crippen MR) is 134 cm³/mol. The topological polar surface area (TPSA) is 89.9 Å². The number of carbonyl (C=O) groups excluding carboxylic acids is 2. The van der Waals surface area contributed by atoms with E-state index in [2.05, 4.69) is 0 Å². The Morgan fingerprint density at radius 3 is 0.848 bits per heavy atom. The zero-order valence-corrected chi connectivity index (χ0v) is 21.8.